The Labute approximate surface area is 188 Å². The fourth-order valence-electron chi connectivity index (χ4n) is 4.79. The highest BCUT2D eigenvalue weighted by Gasteiger charge is 2.32. The number of carbonyl (C=O) groups excluding carboxylic acids is 2. The van der Waals surface area contributed by atoms with Crippen LogP contribution < -0.4 is 5.32 Å². The number of likely N-dealkylation sites (tertiary alicyclic amines) is 1. The van der Waals surface area contributed by atoms with Crippen LogP contribution in [-0.4, -0.2) is 49.3 Å². The summed E-state index contributed by atoms with van der Waals surface area (Å²) in [6, 6.07) is 5.98. The first kappa shape index (κ1) is 19.4. The van der Waals surface area contributed by atoms with E-state index in [1.165, 1.54) is 10.4 Å². The second-order valence-corrected chi connectivity index (χ2v) is 9.53. The van der Waals surface area contributed by atoms with E-state index in [0.717, 1.165) is 46.5 Å². The van der Waals surface area contributed by atoms with E-state index in [0.29, 0.717) is 25.9 Å². The minimum atomic E-state index is -0.0163. The third kappa shape index (κ3) is 3.33. The van der Waals surface area contributed by atoms with Gasteiger partial charge in [0.2, 0.25) is 5.91 Å². The lowest BCUT2D eigenvalue weighted by atomic mass is 9.86. The Morgan fingerprint density at radius 1 is 1.16 bits per heavy atom. The molecule has 1 saturated heterocycles. The van der Waals surface area contributed by atoms with E-state index in [1.54, 1.807) is 23.9 Å². The number of ketones is 1. The number of fused-ring (bicyclic) bond motifs is 4. The molecule has 2 aliphatic rings. The number of Topliss-reactive ketones (excluding diaryl/α,β-unsaturated/α-hetero) is 1. The van der Waals surface area contributed by atoms with Gasteiger partial charge in [0.25, 0.3) is 0 Å². The lowest BCUT2D eigenvalue weighted by molar-refractivity contribution is -0.138. The van der Waals surface area contributed by atoms with Gasteiger partial charge in [0, 0.05) is 54.8 Å². The van der Waals surface area contributed by atoms with Crippen molar-refractivity contribution in [3.8, 4) is 0 Å². The van der Waals surface area contributed by atoms with Crippen LogP contribution in [0.2, 0.25) is 0 Å². The van der Waals surface area contributed by atoms with E-state index in [4.69, 9.17) is 0 Å². The Balaban J connectivity index is 1.28. The molecule has 4 aromatic rings. The average Bonchev–Trinajstić information content (AvgIpc) is 3.43. The maximum atomic E-state index is 13.0. The van der Waals surface area contributed by atoms with Gasteiger partial charge in [0.05, 0.1) is 10.9 Å². The standard InChI is InChI=1S/C23H22N6O2S/c30-17-5-8-28(9-6-17)23(31)14-1-2-18-19(11-14)32-22-20(18)21(24-13-25-22)27-15-4-10-29-16(12-15)3-7-26-29/h3-4,7,10,12-14H,1-2,5-6,8-9,11H2,(H,24,25,27)/t14-/m0/s1. The smallest absolute Gasteiger partial charge is 0.226 e. The molecule has 1 fully saturated rings. The van der Waals surface area contributed by atoms with Gasteiger partial charge in [-0.2, -0.15) is 5.10 Å². The molecule has 1 atom stereocenters. The SMILES string of the molecule is O=C1CCN(C(=O)[C@H]2CCc3c(sc4ncnc(Nc5ccn6nccc6c5)c34)C2)CC1. The number of hydrogen-bond donors (Lipinski definition) is 1. The van der Waals surface area contributed by atoms with Crippen LogP contribution in [0, 0.1) is 5.92 Å². The molecule has 1 N–H and O–H groups in total. The van der Waals surface area contributed by atoms with Gasteiger partial charge in [0.15, 0.2) is 0 Å². The molecule has 1 aliphatic carbocycles. The van der Waals surface area contributed by atoms with Crippen molar-refractivity contribution in [1.29, 1.82) is 0 Å². The lowest BCUT2D eigenvalue weighted by Crippen LogP contribution is -2.43. The highest BCUT2D eigenvalue weighted by atomic mass is 32.1. The lowest BCUT2D eigenvalue weighted by Gasteiger charge is -2.31. The van der Waals surface area contributed by atoms with E-state index in [2.05, 4.69) is 20.4 Å². The van der Waals surface area contributed by atoms with Gasteiger partial charge in [-0.3, -0.25) is 9.59 Å². The van der Waals surface area contributed by atoms with Gasteiger partial charge in [0.1, 0.15) is 22.8 Å². The Hall–Kier alpha value is -3.33. The van der Waals surface area contributed by atoms with E-state index >= 15 is 0 Å². The van der Waals surface area contributed by atoms with Crippen molar-refractivity contribution >= 4 is 50.3 Å². The number of anilines is 2. The summed E-state index contributed by atoms with van der Waals surface area (Å²) in [4.78, 5) is 37.7. The minimum absolute atomic E-state index is 0.0163. The van der Waals surface area contributed by atoms with Gasteiger partial charge >= 0.3 is 0 Å². The molecule has 162 valence electrons. The minimum Gasteiger partial charge on any atom is -0.342 e. The number of amides is 1. The van der Waals surface area contributed by atoms with Crippen LogP contribution in [0.15, 0.2) is 36.9 Å². The molecule has 0 saturated carbocycles. The number of rotatable bonds is 3. The van der Waals surface area contributed by atoms with Crippen LogP contribution >= 0.6 is 11.3 Å². The van der Waals surface area contributed by atoms with E-state index < -0.39 is 0 Å². The summed E-state index contributed by atoms with van der Waals surface area (Å²) in [6.07, 6.45) is 8.66. The quantitative estimate of drug-likeness (QED) is 0.519. The van der Waals surface area contributed by atoms with Gasteiger partial charge in [-0.1, -0.05) is 0 Å². The summed E-state index contributed by atoms with van der Waals surface area (Å²) >= 11 is 1.67. The molecule has 1 amide bonds. The summed E-state index contributed by atoms with van der Waals surface area (Å²) < 4.78 is 1.82. The average molecular weight is 447 g/mol. The summed E-state index contributed by atoms with van der Waals surface area (Å²) in [5.74, 6) is 1.24. The first-order chi connectivity index (χ1) is 15.7. The Kier molecular flexibility index (Phi) is 4.64. The fourth-order valence-corrected chi connectivity index (χ4v) is 6.05. The van der Waals surface area contributed by atoms with Gasteiger partial charge in [-0.15, -0.1) is 11.3 Å². The zero-order valence-electron chi connectivity index (χ0n) is 17.5. The van der Waals surface area contributed by atoms with Crippen molar-refractivity contribution in [3.63, 3.8) is 0 Å². The molecule has 8 nitrogen and oxygen atoms in total. The molecular formula is C23H22N6O2S. The summed E-state index contributed by atoms with van der Waals surface area (Å²) in [5.41, 5.74) is 3.21. The number of aromatic nitrogens is 4. The molecule has 1 aliphatic heterocycles. The van der Waals surface area contributed by atoms with E-state index in [1.807, 2.05) is 33.8 Å². The van der Waals surface area contributed by atoms with Crippen LogP contribution in [0.1, 0.15) is 29.7 Å². The van der Waals surface area contributed by atoms with Crippen molar-refractivity contribution in [2.75, 3.05) is 18.4 Å². The Morgan fingerprint density at radius 3 is 2.91 bits per heavy atom. The molecule has 0 unspecified atom stereocenters. The maximum Gasteiger partial charge on any atom is 0.226 e. The topological polar surface area (TPSA) is 92.5 Å². The van der Waals surface area contributed by atoms with Crippen LogP contribution in [0.25, 0.3) is 15.7 Å². The summed E-state index contributed by atoms with van der Waals surface area (Å²) in [5, 5.41) is 8.77. The fraction of sp³-hybridized carbons (Fsp3) is 0.348. The van der Waals surface area contributed by atoms with Gasteiger partial charge in [-0.05, 0) is 43.0 Å². The van der Waals surface area contributed by atoms with Crippen molar-refractivity contribution in [2.24, 2.45) is 5.92 Å². The molecule has 9 heteroatoms. The predicted octanol–water partition coefficient (Wildman–Crippen LogP) is 3.38. The summed E-state index contributed by atoms with van der Waals surface area (Å²) in [7, 11) is 0. The molecule has 0 spiro atoms. The number of pyridine rings is 1. The van der Waals surface area contributed by atoms with Crippen LogP contribution in [0.4, 0.5) is 11.5 Å². The van der Waals surface area contributed by atoms with Crippen LogP contribution in [0.3, 0.4) is 0 Å². The van der Waals surface area contributed by atoms with Gasteiger partial charge in [-0.25, -0.2) is 14.5 Å². The highest BCUT2D eigenvalue weighted by molar-refractivity contribution is 7.19. The van der Waals surface area contributed by atoms with E-state index in [-0.39, 0.29) is 17.6 Å². The molecule has 4 aromatic heterocycles. The summed E-state index contributed by atoms with van der Waals surface area (Å²) in [6.45, 7) is 1.13. The normalized spacial score (nSPS) is 18.8. The zero-order valence-corrected chi connectivity index (χ0v) is 18.3. The number of nitrogens with zero attached hydrogens (tertiary/aromatic N) is 5. The largest absolute Gasteiger partial charge is 0.342 e. The molecule has 0 aromatic carbocycles. The molecule has 32 heavy (non-hydrogen) atoms. The van der Waals surface area contributed by atoms with E-state index in [9.17, 15) is 9.59 Å². The molecule has 6 rings (SSSR count). The maximum absolute atomic E-state index is 13.0. The third-order valence-corrected chi connectivity index (χ3v) is 7.65. The Bertz CT molecular complexity index is 1350. The number of nitrogens with one attached hydrogen (secondary N) is 1. The first-order valence-electron chi connectivity index (χ1n) is 10.9. The first-order valence-corrected chi connectivity index (χ1v) is 11.7. The monoisotopic (exact) mass is 446 g/mol. The number of thiophene rings is 1. The van der Waals surface area contributed by atoms with Crippen molar-refractivity contribution in [2.45, 2.75) is 32.1 Å². The van der Waals surface area contributed by atoms with Crippen molar-refractivity contribution in [3.05, 3.63) is 47.4 Å². The van der Waals surface area contributed by atoms with Crippen LogP contribution in [-0.2, 0) is 22.4 Å². The molecule has 0 bridgehead atoms. The second-order valence-electron chi connectivity index (χ2n) is 8.45. The zero-order chi connectivity index (χ0) is 21.7. The third-order valence-electron chi connectivity index (χ3n) is 6.49. The van der Waals surface area contributed by atoms with Crippen molar-refractivity contribution in [1.82, 2.24) is 24.5 Å². The van der Waals surface area contributed by atoms with Crippen LogP contribution in [0.5, 0.6) is 0 Å². The number of aryl methyl sites for hydroxylation is 1. The van der Waals surface area contributed by atoms with Gasteiger partial charge < -0.3 is 10.2 Å². The molecular weight excluding hydrogens is 424 g/mol. The number of piperidine rings is 1. The predicted molar refractivity (Wildman–Crippen MR) is 122 cm³/mol. The molecule has 5 heterocycles. The second kappa shape index (κ2) is 7.67. The number of carbonyl (C=O) groups is 2. The Morgan fingerprint density at radius 2 is 2.03 bits per heavy atom. The molecule has 0 radical (unpaired) electrons. The number of hydrogen-bond acceptors (Lipinski definition) is 7. The van der Waals surface area contributed by atoms with Crippen molar-refractivity contribution < 1.29 is 9.59 Å². The highest BCUT2D eigenvalue weighted by Crippen LogP contribution is 2.41.